The molecule has 1 aromatic heterocycles. The number of fused-ring (bicyclic) bond motifs is 4. The van der Waals surface area contributed by atoms with Crippen molar-refractivity contribution in [1.29, 1.82) is 0 Å². The number of nitrogens with one attached hydrogen (secondary N) is 1. The van der Waals surface area contributed by atoms with Crippen molar-refractivity contribution in [2.45, 2.75) is 52.2 Å². The maximum Gasteiger partial charge on any atom is 0.407 e. The van der Waals surface area contributed by atoms with E-state index in [4.69, 9.17) is 4.74 Å². The first-order valence-corrected chi connectivity index (χ1v) is 12.1. The van der Waals surface area contributed by atoms with Crippen LogP contribution in [0.1, 0.15) is 60.5 Å². The molecule has 164 valence electrons. The summed E-state index contributed by atoms with van der Waals surface area (Å²) < 4.78 is 5.89. The fourth-order valence-electron chi connectivity index (χ4n) is 5.64. The SMILES string of the molecule is CC(=O)c1sccc1-c1ccc2c(c1)CC(C)(C)C2NC(=O)O[C@H]1CN2CCC1CC2. The van der Waals surface area contributed by atoms with Crippen LogP contribution in [0.3, 0.4) is 0 Å². The standard InChI is InChI=1S/C25H30N2O3S/c1-15(28)22-19(8-11-31-22)17-4-5-20-18(12-17)13-25(2,3)23(20)26-24(29)30-21-14-27-9-6-16(21)7-10-27/h4-5,8,11-12,16,21,23H,6-7,9-10,13-14H2,1-3H3,(H,26,29)/t21-,23?/m0/s1. The Labute approximate surface area is 187 Å². The van der Waals surface area contributed by atoms with E-state index in [-0.39, 0.29) is 29.4 Å². The Bertz CT molecular complexity index is 1020. The zero-order chi connectivity index (χ0) is 21.8. The van der Waals surface area contributed by atoms with Crippen molar-refractivity contribution in [3.05, 3.63) is 45.6 Å². The molecule has 2 bridgehead atoms. The van der Waals surface area contributed by atoms with E-state index < -0.39 is 0 Å². The highest BCUT2D eigenvalue weighted by Crippen LogP contribution is 2.46. The predicted octanol–water partition coefficient (Wildman–Crippen LogP) is 5.06. The number of benzene rings is 1. The lowest BCUT2D eigenvalue weighted by Crippen LogP contribution is -2.53. The van der Waals surface area contributed by atoms with Crippen LogP contribution in [-0.2, 0) is 11.2 Å². The van der Waals surface area contributed by atoms with E-state index in [1.807, 2.05) is 11.4 Å². The van der Waals surface area contributed by atoms with Gasteiger partial charge in [-0.2, -0.15) is 0 Å². The fourth-order valence-corrected chi connectivity index (χ4v) is 6.46. The largest absolute Gasteiger partial charge is 0.445 e. The van der Waals surface area contributed by atoms with Crippen LogP contribution in [0.5, 0.6) is 0 Å². The van der Waals surface area contributed by atoms with Crippen molar-refractivity contribution in [2.24, 2.45) is 11.3 Å². The molecule has 2 aromatic rings. The van der Waals surface area contributed by atoms with Gasteiger partial charge in [-0.25, -0.2) is 4.79 Å². The van der Waals surface area contributed by atoms with Crippen molar-refractivity contribution in [1.82, 2.24) is 10.2 Å². The summed E-state index contributed by atoms with van der Waals surface area (Å²) in [5.74, 6) is 0.601. The average Bonchev–Trinajstić information content (AvgIpc) is 3.31. The Morgan fingerprint density at radius 1 is 1.19 bits per heavy atom. The molecule has 3 aliphatic heterocycles. The first-order chi connectivity index (χ1) is 14.8. The molecule has 1 unspecified atom stereocenters. The van der Waals surface area contributed by atoms with E-state index >= 15 is 0 Å². The molecular weight excluding hydrogens is 408 g/mol. The van der Waals surface area contributed by atoms with Crippen LogP contribution >= 0.6 is 11.3 Å². The predicted molar refractivity (Wildman–Crippen MR) is 123 cm³/mol. The van der Waals surface area contributed by atoms with Gasteiger partial charge in [0.1, 0.15) is 6.10 Å². The highest BCUT2D eigenvalue weighted by molar-refractivity contribution is 7.12. The van der Waals surface area contributed by atoms with E-state index in [1.54, 1.807) is 6.92 Å². The zero-order valence-electron chi connectivity index (χ0n) is 18.4. The summed E-state index contributed by atoms with van der Waals surface area (Å²) in [5, 5.41) is 5.15. The molecule has 0 radical (unpaired) electrons. The molecule has 6 heteroatoms. The lowest BCUT2D eigenvalue weighted by atomic mass is 9.85. The van der Waals surface area contributed by atoms with Gasteiger partial charge in [-0.3, -0.25) is 9.69 Å². The molecule has 4 heterocycles. The smallest absolute Gasteiger partial charge is 0.407 e. The normalized spacial score (nSPS) is 28.2. The minimum atomic E-state index is -0.301. The maximum absolute atomic E-state index is 12.8. The third-order valence-corrected chi connectivity index (χ3v) is 8.31. The van der Waals surface area contributed by atoms with Gasteiger partial charge < -0.3 is 10.1 Å². The number of amides is 1. The molecule has 1 N–H and O–H groups in total. The first kappa shape index (κ1) is 20.7. The number of ether oxygens (including phenoxy) is 1. The molecular formula is C25H30N2O3S. The van der Waals surface area contributed by atoms with Gasteiger partial charge >= 0.3 is 6.09 Å². The summed E-state index contributed by atoms with van der Waals surface area (Å²) in [4.78, 5) is 28.0. The summed E-state index contributed by atoms with van der Waals surface area (Å²) in [6.45, 7) is 9.13. The summed E-state index contributed by atoms with van der Waals surface area (Å²) in [7, 11) is 0. The summed E-state index contributed by atoms with van der Waals surface area (Å²) >= 11 is 1.49. The van der Waals surface area contributed by atoms with Crippen LogP contribution in [0.2, 0.25) is 0 Å². The Morgan fingerprint density at radius 3 is 2.65 bits per heavy atom. The number of carbonyl (C=O) groups excluding carboxylic acids is 2. The second-order valence-corrected chi connectivity index (χ2v) is 10.9. The van der Waals surface area contributed by atoms with Crippen LogP contribution in [0.15, 0.2) is 29.6 Å². The third kappa shape index (κ3) is 3.80. The number of piperidine rings is 3. The van der Waals surface area contributed by atoms with Gasteiger partial charge in [0.25, 0.3) is 0 Å². The Kier molecular flexibility index (Phi) is 5.18. The Hall–Kier alpha value is -2.18. The van der Waals surface area contributed by atoms with Gasteiger partial charge in [0.2, 0.25) is 0 Å². The molecule has 0 spiro atoms. The van der Waals surface area contributed by atoms with Crippen molar-refractivity contribution in [3.63, 3.8) is 0 Å². The van der Waals surface area contributed by atoms with Crippen LogP contribution < -0.4 is 5.32 Å². The average molecular weight is 439 g/mol. The molecule has 4 aliphatic rings. The maximum atomic E-state index is 12.8. The van der Waals surface area contributed by atoms with Crippen molar-refractivity contribution in [3.8, 4) is 11.1 Å². The van der Waals surface area contributed by atoms with E-state index in [9.17, 15) is 9.59 Å². The molecule has 3 fully saturated rings. The number of hydrogen-bond acceptors (Lipinski definition) is 5. The summed E-state index contributed by atoms with van der Waals surface area (Å²) in [5.41, 5.74) is 4.34. The highest BCUT2D eigenvalue weighted by atomic mass is 32.1. The number of thiophene rings is 1. The van der Waals surface area contributed by atoms with Gasteiger partial charge in [0.05, 0.1) is 10.9 Å². The Morgan fingerprint density at radius 2 is 1.97 bits per heavy atom. The minimum Gasteiger partial charge on any atom is -0.445 e. The lowest BCUT2D eigenvalue weighted by Gasteiger charge is -2.44. The number of Topliss-reactive ketones (excluding diaryl/α,β-unsaturated/α-hetero) is 1. The van der Waals surface area contributed by atoms with Crippen LogP contribution in [0, 0.1) is 11.3 Å². The molecule has 31 heavy (non-hydrogen) atoms. The second-order valence-electron chi connectivity index (χ2n) is 9.96. The van der Waals surface area contributed by atoms with Gasteiger partial charge in [-0.1, -0.05) is 32.0 Å². The fraction of sp³-hybridized carbons (Fsp3) is 0.520. The van der Waals surface area contributed by atoms with Gasteiger partial charge in [-0.05, 0) is 78.7 Å². The lowest BCUT2D eigenvalue weighted by molar-refractivity contribution is -0.0348. The summed E-state index contributed by atoms with van der Waals surface area (Å²) in [6.07, 6.45) is 2.84. The number of rotatable bonds is 4. The third-order valence-electron chi connectivity index (χ3n) is 7.29. The van der Waals surface area contributed by atoms with Gasteiger partial charge in [-0.15, -0.1) is 11.3 Å². The van der Waals surface area contributed by atoms with Crippen LogP contribution in [-0.4, -0.2) is 42.5 Å². The minimum absolute atomic E-state index is 0.0115. The van der Waals surface area contributed by atoms with E-state index in [1.165, 1.54) is 16.9 Å². The highest BCUT2D eigenvalue weighted by Gasteiger charge is 2.42. The Balaban J connectivity index is 1.34. The van der Waals surface area contributed by atoms with Crippen LogP contribution in [0.25, 0.3) is 11.1 Å². The molecule has 5 nitrogen and oxygen atoms in total. The molecule has 6 rings (SSSR count). The van der Waals surface area contributed by atoms with E-state index in [0.29, 0.717) is 5.92 Å². The van der Waals surface area contributed by atoms with E-state index in [0.717, 1.165) is 60.5 Å². The molecule has 1 aliphatic carbocycles. The van der Waals surface area contributed by atoms with Crippen molar-refractivity contribution >= 4 is 23.2 Å². The van der Waals surface area contributed by atoms with Crippen molar-refractivity contribution < 1.29 is 14.3 Å². The zero-order valence-corrected chi connectivity index (χ0v) is 19.3. The van der Waals surface area contributed by atoms with Gasteiger partial charge in [0.15, 0.2) is 5.78 Å². The molecule has 2 atom stereocenters. The second kappa shape index (κ2) is 7.75. The number of hydrogen-bond donors (Lipinski definition) is 1. The number of alkyl carbamates (subject to hydrolysis) is 1. The number of carbonyl (C=O) groups is 2. The molecule has 3 saturated heterocycles. The number of ketones is 1. The molecule has 1 aromatic carbocycles. The van der Waals surface area contributed by atoms with Gasteiger partial charge in [0, 0.05) is 12.1 Å². The van der Waals surface area contributed by atoms with Crippen molar-refractivity contribution in [2.75, 3.05) is 19.6 Å². The molecule has 0 saturated carbocycles. The van der Waals surface area contributed by atoms with E-state index in [2.05, 4.69) is 42.3 Å². The summed E-state index contributed by atoms with van der Waals surface area (Å²) in [6, 6.07) is 8.30. The number of nitrogens with zero attached hydrogens (tertiary/aromatic N) is 1. The van der Waals surface area contributed by atoms with Crippen LogP contribution in [0.4, 0.5) is 4.79 Å². The monoisotopic (exact) mass is 438 g/mol. The first-order valence-electron chi connectivity index (χ1n) is 11.2. The molecule has 1 amide bonds. The topological polar surface area (TPSA) is 58.6 Å². The quantitative estimate of drug-likeness (QED) is 0.678.